The number of fused-ring (bicyclic) bond motifs is 4. The number of carbonyl (C=O) groups excluding carboxylic acids is 1. The average molecular weight is 426 g/mol. The van der Waals surface area contributed by atoms with Crippen molar-refractivity contribution in [3.8, 4) is 0 Å². The molecule has 0 aromatic carbocycles. The lowest BCUT2D eigenvalue weighted by Crippen LogP contribution is -2.19. The molecule has 0 amide bonds. The molecule has 0 N–H and O–H groups in total. The molecule has 0 aromatic rings. The van der Waals surface area contributed by atoms with E-state index in [-0.39, 0.29) is 30.0 Å². The second kappa shape index (κ2) is 7.58. The number of nitrogens with zero attached hydrogens (tertiary/aromatic N) is 2. The van der Waals surface area contributed by atoms with Gasteiger partial charge in [-0.2, -0.15) is 0 Å². The zero-order chi connectivity index (χ0) is 20.8. The Morgan fingerprint density at radius 1 is 1.30 bits per heavy atom. The van der Waals surface area contributed by atoms with Gasteiger partial charge in [-0.1, -0.05) is 49.3 Å². The Bertz CT molecular complexity index is 1020. The van der Waals surface area contributed by atoms with E-state index < -0.39 is 10.9 Å². The third-order valence-corrected chi connectivity index (χ3v) is 7.57. The topological polar surface area (TPSA) is 91.0 Å². The van der Waals surface area contributed by atoms with E-state index in [1.807, 2.05) is 12.2 Å². The molecule has 5 rings (SSSR count). The summed E-state index contributed by atoms with van der Waals surface area (Å²) in [5.41, 5.74) is 4.77. The molecule has 1 atom stereocenters. The summed E-state index contributed by atoms with van der Waals surface area (Å²) in [7, 11) is 1.34. The first-order valence-corrected chi connectivity index (χ1v) is 11.1. The number of hydrogen-bond donors (Lipinski definition) is 0. The van der Waals surface area contributed by atoms with Crippen LogP contribution in [-0.2, 0) is 14.3 Å². The number of rotatable bonds is 3. The van der Waals surface area contributed by atoms with Crippen molar-refractivity contribution in [3.63, 3.8) is 0 Å². The van der Waals surface area contributed by atoms with E-state index in [2.05, 4.69) is 11.1 Å². The first kappa shape index (κ1) is 19.4. The van der Waals surface area contributed by atoms with Crippen molar-refractivity contribution in [2.24, 2.45) is 16.8 Å². The molecular weight excluding hydrogens is 404 g/mol. The Balaban J connectivity index is 1.71. The summed E-state index contributed by atoms with van der Waals surface area (Å²) in [6, 6.07) is 0. The lowest BCUT2D eigenvalue weighted by molar-refractivity contribution is -0.464. The first-order valence-electron chi connectivity index (χ1n) is 10.3. The van der Waals surface area contributed by atoms with E-state index in [9.17, 15) is 14.9 Å². The fraction of sp³-hybridized carbons (Fsp3) is 0.455. The minimum absolute atomic E-state index is 0.108. The SMILES string of the molecule is COC(=O)C1=NCC2=C(S1)C1=C(C3CCCCC3)C3=CC=CC3C1=C([N+](=O)[O-])OC2. The first-order chi connectivity index (χ1) is 14.6. The van der Waals surface area contributed by atoms with Crippen molar-refractivity contribution < 1.29 is 19.2 Å². The Labute approximate surface area is 178 Å². The number of methoxy groups -OCH3 is 1. The Morgan fingerprint density at radius 2 is 2.10 bits per heavy atom. The van der Waals surface area contributed by atoms with Gasteiger partial charge in [0.2, 0.25) is 0 Å². The third kappa shape index (κ3) is 2.96. The molecule has 1 saturated carbocycles. The maximum Gasteiger partial charge on any atom is 0.433 e. The molecule has 0 spiro atoms. The highest BCUT2D eigenvalue weighted by Gasteiger charge is 2.47. The standard InChI is InChI=1S/C22H22N2O5S/c1-28-22(25)20-23-10-13-11-29-21(24(26)27)17-15-9-5-8-14(15)16(18(17)19(13)30-20)12-6-3-2-4-7-12/h5,8-9,12,15H,2-4,6-7,10-11H2,1H3. The minimum atomic E-state index is -0.478. The minimum Gasteiger partial charge on any atom is -0.464 e. The van der Waals surface area contributed by atoms with Gasteiger partial charge in [0.15, 0.2) is 5.04 Å². The van der Waals surface area contributed by atoms with E-state index in [0.29, 0.717) is 11.5 Å². The van der Waals surface area contributed by atoms with Crippen molar-refractivity contribution >= 4 is 22.8 Å². The molecule has 0 bridgehead atoms. The van der Waals surface area contributed by atoms with Gasteiger partial charge in [-0.05, 0) is 29.9 Å². The van der Waals surface area contributed by atoms with Crippen LogP contribution >= 0.6 is 11.8 Å². The number of carbonyl (C=O) groups is 1. The van der Waals surface area contributed by atoms with Crippen LogP contribution in [0.4, 0.5) is 0 Å². The van der Waals surface area contributed by atoms with Crippen LogP contribution in [0.5, 0.6) is 0 Å². The van der Waals surface area contributed by atoms with Crippen LogP contribution in [0, 0.1) is 22.0 Å². The number of hydrogen-bond acceptors (Lipinski definition) is 7. The average Bonchev–Trinajstić information content (AvgIpc) is 3.30. The van der Waals surface area contributed by atoms with Gasteiger partial charge in [0.25, 0.3) is 0 Å². The maximum absolute atomic E-state index is 12.2. The van der Waals surface area contributed by atoms with E-state index in [4.69, 9.17) is 9.47 Å². The molecule has 0 saturated heterocycles. The van der Waals surface area contributed by atoms with Crippen molar-refractivity contribution in [2.45, 2.75) is 32.1 Å². The van der Waals surface area contributed by atoms with E-state index in [1.54, 1.807) is 0 Å². The quantitative estimate of drug-likeness (QED) is 0.384. The van der Waals surface area contributed by atoms with Crippen molar-refractivity contribution in [1.29, 1.82) is 0 Å². The number of nitro groups is 1. The highest BCUT2D eigenvalue weighted by molar-refractivity contribution is 8.19. The van der Waals surface area contributed by atoms with E-state index in [0.717, 1.165) is 34.5 Å². The predicted octanol–water partition coefficient (Wildman–Crippen LogP) is 4.08. The zero-order valence-corrected chi connectivity index (χ0v) is 17.5. The van der Waals surface area contributed by atoms with Gasteiger partial charge in [0.1, 0.15) is 11.5 Å². The van der Waals surface area contributed by atoms with Crippen LogP contribution in [0.3, 0.4) is 0 Å². The molecule has 5 aliphatic rings. The fourth-order valence-electron chi connectivity index (χ4n) is 5.10. The van der Waals surface area contributed by atoms with Gasteiger partial charge in [-0.3, -0.25) is 15.1 Å². The second-order valence-electron chi connectivity index (χ2n) is 8.02. The van der Waals surface area contributed by atoms with Gasteiger partial charge < -0.3 is 9.47 Å². The van der Waals surface area contributed by atoms with Crippen LogP contribution in [0.1, 0.15) is 32.1 Å². The normalized spacial score (nSPS) is 25.8. The molecular formula is C22H22N2O5S. The Morgan fingerprint density at radius 3 is 2.83 bits per heavy atom. The molecule has 1 fully saturated rings. The lowest BCUT2D eigenvalue weighted by atomic mass is 9.80. The summed E-state index contributed by atoms with van der Waals surface area (Å²) < 4.78 is 10.6. The largest absolute Gasteiger partial charge is 0.464 e. The van der Waals surface area contributed by atoms with Crippen molar-refractivity contribution in [2.75, 3.05) is 20.3 Å². The molecule has 8 heteroatoms. The Hall–Kier alpha value is -2.61. The molecule has 156 valence electrons. The number of allylic oxidation sites excluding steroid dienone is 7. The van der Waals surface area contributed by atoms with Crippen molar-refractivity contribution in [3.05, 3.63) is 67.0 Å². The molecule has 2 heterocycles. The van der Waals surface area contributed by atoms with Gasteiger partial charge in [-0.25, -0.2) is 4.79 Å². The van der Waals surface area contributed by atoms with Gasteiger partial charge >= 0.3 is 11.9 Å². The molecule has 0 radical (unpaired) electrons. The monoisotopic (exact) mass is 426 g/mol. The maximum atomic E-state index is 12.2. The molecule has 2 aliphatic heterocycles. The van der Waals surface area contributed by atoms with Crippen LogP contribution < -0.4 is 0 Å². The van der Waals surface area contributed by atoms with Crippen LogP contribution in [0.15, 0.2) is 61.9 Å². The predicted molar refractivity (Wildman–Crippen MR) is 113 cm³/mol. The molecule has 30 heavy (non-hydrogen) atoms. The van der Waals surface area contributed by atoms with E-state index >= 15 is 0 Å². The van der Waals surface area contributed by atoms with Gasteiger partial charge in [0.05, 0.1) is 19.2 Å². The smallest absolute Gasteiger partial charge is 0.433 e. The molecule has 1 unspecified atom stereocenters. The summed E-state index contributed by atoms with van der Waals surface area (Å²) in [5, 5.41) is 12.3. The zero-order valence-electron chi connectivity index (χ0n) is 16.7. The van der Waals surface area contributed by atoms with Gasteiger partial charge in [-0.15, -0.1) is 0 Å². The number of ether oxygens (including phenoxy) is 2. The highest BCUT2D eigenvalue weighted by atomic mass is 32.2. The summed E-state index contributed by atoms with van der Waals surface area (Å²) in [5.74, 6) is -0.451. The van der Waals surface area contributed by atoms with Gasteiger partial charge in [0, 0.05) is 22.0 Å². The third-order valence-electron chi connectivity index (χ3n) is 6.39. The number of aliphatic imine (C=N–C) groups is 1. The number of thioether (sulfide) groups is 1. The molecule has 7 nitrogen and oxygen atoms in total. The van der Waals surface area contributed by atoms with Crippen LogP contribution in [-0.4, -0.2) is 36.2 Å². The van der Waals surface area contributed by atoms with Crippen LogP contribution in [0.25, 0.3) is 0 Å². The summed E-state index contributed by atoms with van der Waals surface area (Å²) >= 11 is 1.27. The van der Waals surface area contributed by atoms with Crippen LogP contribution in [0.2, 0.25) is 0 Å². The fourth-order valence-corrected chi connectivity index (χ4v) is 6.18. The molecule has 3 aliphatic carbocycles. The Kier molecular flexibility index (Phi) is 4.89. The highest BCUT2D eigenvalue weighted by Crippen LogP contribution is 2.56. The van der Waals surface area contributed by atoms with Crippen molar-refractivity contribution in [1.82, 2.24) is 0 Å². The summed E-state index contributed by atoms with van der Waals surface area (Å²) in [6.07, 6.45) is 11.8. The van der Waals surface area contributed by atoms with E-state index in [1.165, 1.54) is 43.7 Å². The number of esters is 1. The summed E-state index contributed by atoms with van der Waals surface area (Å²) in [4.78, 5) is 29.0. The second-order valence-corrected chi connectivity index (χ2v) is 9.02. The summed E-state index contributed by atoms with van der Waals surface area (Å²) in [6.45, 7) is 0.392. The lowest BCUT2D eigenvalue weighted by Gasteiger charge is -2.26. The molecule has 0 aromatic heterocycles.